The zero-order valence-electron chi connectivity index (χ0n) is 29.5. The minimum Gasteiger partial charge on any atom is -0.341 e. The second kappa shape index (κ2) is 13.5. The third kappa shape index (κ3) is 5.63. The van der Waals surface area contributed by atoms with Gasteiger partial charge in [-0.3, -0.25) is 0 Å². The summed E-state index contributed by atoms with van der Waals surface area (Å²) in [6.45, 7) is 0.853. The molecule has 0 fully saturated rings. The van der Waals surface area contributed by atoms with Crippen molar-refractivity contribution in [3.05, 3.63) is 194 Å². The lowest BCUT2D eigenvalue weighted by Gasteiger charge is -2.26. The highest BCUT2D eigenvalue weighted by atomic mass is 15.1. The fourth-order valence-electron chi connectivity index (χ4n) is 7.84. The molecule has 0 atom stereocenters. The Kier molecular flexibility index (Phi) is 7.88. The number of rotatable bonds is 6. The Morgan fingerprint density at radius 1 is 0.407 bits per heavy atom. The molecule has 0 unspecified atom stereocenters. The lowest BCUT2D eigenvalue weighted by Crippen LogP contribution is -2.19. The molecule has 7 aromatic carbocycles. The lowest BCUT2D eigenvalue weighted by molar-refractivity contribution is 0.932. The summed E-state index contributed by atoms with van der Waals surface area (Å²) >= 11 is 0. The molecule has 256 valence electrons. The number of nitrogens with zero attached hydrogens (tertiary/aromatic N) is 5. The van der Waals surface area contributed by atoms with Crippen LogP contribution in [0.4, 0.5) is 11.4 Å². The van der Waals surface area contributed by atoms with Crippen LogP contribution in [-0.4, -0.2) is 26.1 Å². The maximum absolute atomic E-state index is 4.99. The first-order valence-corrected chi connectivity index (χ1v) is 18.4. The van der Waals surface area contributed by atoms with E-state index in [1.807, 2.05) is 60.7 Å². The van der Waals surface area contributed by atoms with Gasteiger partial charge in [-0.15, -0.1) is 0 Å². The quantitative estimate of drug-likeness (QED) is 0.174. The molecule has 1 aliphatic rings. The van der Waals surface area contributed by atoms with E-state index in [2.05, 4.69) is 137 Å². The Balaban J connectivity index is 1.06. The zero-order chi connectivity index (χ0) is 35.8. The van der Waals surface area contributed by atoms with Gasteiger partial charge < -0.3 is 9.47 Å². The molecule has 0 spiro atoms. The van der Waals surface area contributed by atoms with Gasteiger partial charge in [-0.1, -0.05) is 146 Å². The second-order valence-corrected chi connectivity index (χ2v) is 13.6. The van der Waals surface area contributed by atoms with Crippen LogP contribution < -0.4 is 4.90 Å². The van der Waals surface area contributed by atoms with E-state index in [0.717, 1.165) is 46.5 Å². The average Bonchev–Trinajstić information content (AvgIpc) is 3.49. The van der Waals surface area contributed by atoms with Gasteiger partial charge in [-0.25, -0.2) is 15.0 Å². The molecule has 0 saturated heterocycles. The number of para-hydroxylation sites is 3. The Labute approximate surface area is 314 Å². The van der Waals surface area contributed by atoms with Gasteiger partial charge in [0, 0.05) is 45.6 Å². The molecule has 0 amide bonds. The van der Waals surface area contributed by atoms with E-state index in [9.17, 15) is 0 Å². The molecule has 9 aromatic rings. The molecule has 5 nitrogen and oxygen atoms in total. The van der Waals surface area contributed by atoms with Gasteiger partial charge >= 0.3 is 0 Å². The van der Waals surface area contributed by atoms with Crippen LogP contribution in [0.5, 0.6) is 0 Å². The van der Waals surface area contributed by atoms with Crippen molar-refractivity contribution in [3.8, 4) is 62.2 Å². The Hall–Kier alpha value is -7.11. The van der Waals surface area contributed by atoms with Crippen LogP contribution in [0.1, 0.15) is 5.56 Å². The van der Waals surface area contributed by atoms with Crippen molar-refractivity contribution in [2.75, 3.05) is 11.4 Å². The predicted molar refractivity (Wildman–Crippen MR) is 221 cm³/mol. The first-order valence-electron chi connectivity index (χ1n) is 18.4. The largest absolute Gasteiger partial charge is 0.341 e. The van der Waals surface area contributed by atoms with Gasteiger partial charge in [0.15, 0.2) is 17.5 Å². The van der Waals surface area contributed by atoms with Gasteiger partial charge in [0.2, 0.25) is 0 Å². The summed E-state index contributed by atoms with van der Waals surface area (Å²) in [6.07, 6.45) is 0.914. The van der Waals surface area contributed by atoms with Crippen LogP contribution in [0, 0.1) is 0 Å². The van der Waals surface area contributed by atoms with E-state index in [1.54, 1.807) is 0 Å². The molecule has 3 heterocycles. The van der Waals surface area contributed by atoms with Crippen molar-refractivity contribution in [1.82, 2.24) is 19.5 Å². The van der Waals surface area contributed by atoms with Crippen molar-refractivity contribution >= 4 is 22.3 Å². The van der Waals surface area contributed by atoms with E-state index in [0.29, 0.717) is 17.5 Å². The Bertz CT molecular complexity index is 2720. The average molecular weight is 694 g/mol. The van der Waals surface area contributed by atoms with Crippen LogP contribution in [-0.2, 0) is 6.42 Å². The summed E-state index contributed by atoms with van der Waals surface area (Å²) in [4.78, 5) is 17.4. The molecule has 0 N–H and O–H groups in total. The maximum Gasteiger partial charge on any atom is 0.164 e. The molecule has 0 saturated carbocycles. The number of hydrogen-bond donors (Lipinski definition) is 0. The van der Waals surface area contributed by atoms with Gasteiger partial charge in [0.1, 0.15) is 0 Å². The van der Waals surface area contributed by atoms with Gasteiger partial charge in [0.25, 0.3) is 0 Å². The van der Waals surface area contributed by atoms with Crippen molar-refractivity contribution in [1.29, 1.82) is 0 Å². The molecule has 5 heteroatoms. The third-order valence-corrected chi connectivity index (χ3v) is 10.3. The number of anilines is 2. The van der Waals surface area contributed by atoms with Crippen LogP contribution in [0.15, 0.2) is 188 Å². The fraction of sp³-hybridized carbons (Fsp3) is 0.0408. The maximum atomic E-state index is 4.99. The first kappa shape index (κ1) is 31.6. The van der Waals surface area contributed by atoms with E-state index in [-0.39, 0.29) is 0 Å². The third-order valence-electron chi connectivity index (χ3n) is 10.3. The Morgan fingerprint density at radius 2 is 0.926 bits per heavy atom. The minimum absolute atomic E-state index is 0.644. The highest BCUT2D eigenvalue weighted by molar-refractivity contribution is 5.98. The highest BCUT2D eigenvalue weighted by Crippen LogP contribution is 2.45. The van der Waals surface area contributed by atoms with Gasteiger partial charge in [0.05, 0.1) is 16.9 Å². The van der Waals surface area contributed by atoms with Crippen molar-refractivity contribution in [2.24, 2.45) is 0 Å². The number of hydrogen-bond acceptors (Lipinski definition) is 4. The molecule has 2 aromatic heterocycles. The van der Waals surface area contributed by atoms with Crippen LogP contribution in [0.25, 0.3) is 73.1 Å². The normalized spacial score (nSPS) is 12.3. The standard InChI is InChI=1S/C49H35N5/c1-4-16-34(17-5-1)47-50-48(35-18-6-2-7-19-35)52-49(51-47)38-22-14-20-36(32-38)37-21-15-25-40(33-37)53-31-30-42-41-26-10-13-29-45(41)54(39-23-8-3-9-24-39)46(42)43-27-11-12-28-44(43)53/h1-29,32-33H,30-31H2. The molecule has 0 radical (unpaired) electrons. The zero-order valence-corrected chi connectivity index (χ0v) is 29.5. The summed E-state index contributed by atoms with van der Waals surface area (Å²) in [6, 6.07) is 66.1. The van der Waals surface area contributed by atoms with Crippen LogP contribution in [0.3, 0.4) is 0 Å². The summed E-state index contributed by atoms with van der Waals surface area (Å²) in [5.41, 5.74) is 13.7. The fourth-order valence-corrected chi connectivity index (χ4v) is 7.84. The topological polar surface area (TPSA) is 46.8 Å². The van der Waals surface area contributed by atoms with Crippen LogP contribution >= 0.6 is 0 Å². The van der Waals surface area contributed by atoms with Gasteiger partial charge in [-0.2, -0.15) is 0 Å². The minimum atomic E-state index is 0.644. The molecule has 1 aliphatic heterocycles. The van der Waals surface area contributed by atoms with Gasteiger partial charge in [-0.05, 0) is 65.6 Å². The van der Waals surface area contributed by atoms with E-state index >= 15 is 0 Å². The van der Waals surface area contributed by atoms with Crippen LogP contribution in [0.2, 0.25) is 0 Å². The van der Waals surface area contributed by atoms with E-state index in [1.165, 1.54) is 39.1 Å². The lowest BCUT2D eigenvalue weighted by atomic mass is 10.0. The molecular formula is C49H35N5. The van der Waals surface area contributed by atoms with Crippen molar-refractivity contribution in [3.63, 3.8) is 0 Å². The van der Waals surface area contributed by atoms with E-state index < -0.39 is 0 Å². The number of benzene rings is 7. The number of fused-ring (bicyclic) bond motifs is 5. The molecule has 10 rings (SSSR count). The summed E-state index contributed by atoms with van der Waals surface area (Å²) < 4.78 is 2.45. The Morgan fingerprint density at radius 3 is 1.65 bits per heavy atom. The molecule has 54 heavy (non-hydrogen) atoms. The summed E-state index contributed by atoms with van der Waals surface area (Å²) in [5.74, 6) is 1.95. The van der Waals surface area contributed by atoms with Crippen molar-refractivity contribution in [2.45, 2.75) is 6.42 Å². The monoisotopic (exact) mass is 693 g/mol. The SMILES string of the molecule is c1ccc(-c2nc(-c3ccccc3)nc(-c3cccc(-c4cccc(N5CCc6c(n(-c7ccccc7)c7ccccc67)-c6ccccc65)c4)c3)n2)cc1. The number of aromatic nitrogens is 4. The summed E-state index contributed by atoms with van der Waals surface area (Å²) in [5, 5.41) is 1.31. The smallest absolute Gasteiger partial charge is 0.164 e. The highest BCUT2D eigenvalue weighted by Gasteiger charge is 2.27. The summed E-state index contributed by atoms with van der Waals surface area (Å²) in [7, 11) is 0. The molecular weight excluding hydrogens is 659 g/mol. The molecule has 0 aliphatic carbocycles. The second-order valence-electron chi connectivity index (χ2n) is 13.6. The van der Waals surface area contributed by atoms with E-state index in [4.69, 9.17) is 15.0 Å². The molecule has 0 bridgehead atoms. The predicted octanol–water partition coefficient (Wildman–Crippen LogP) is 11.8. The van der Waals surface area contributed by atoms with Crippen molar-refractivity contribution < 1.29 is 0 Å². The first-order chi connectivity index (χ1) is 26.8.